The van der Waals surface area contributed by atoms with E-state index in [2.05, 4.69) is 0 Å². The lowest BCUT2D eigenvalue weighted by molar-refractivity contribution is 0.307. The highest BCUT2D eigenvalue weighted by Crippen LogP contribution is 2.22. The summed E-state index contributed by atoms with van der Waals surface area (Å²) in [6, 6.07) is 7.40. The predicted octanol–water partition coefficient (Wildman–Crippen LogP) is 2.74. The predicted molar refractivity (Wildman–Crippen MR) is 53.3 cm³/mol. The fourth-order valence-corrected chi connectivity index (χ4v) is 1.24. The van der Waals surface area contributed by atoms with Gasteiger partial charge in [0, 0.05) is 6.04 Å². The number of hydrogen-bond acceptors (Lipinski definition) is 1. The minimum atomic E-state index is -0.930. The van der Waals surface area contributed by atoms with Crippen LogP contribution < -0.4 is 5.73 Å². The molecule has 0 aliphatic rings. The van der Waals surface area contributed by atoms with Crippen molar-refractivity contribution in [2.24, 2.45) is 5.73 Å². The third-order valence-corrected chi connectivity index (χ3v) is 2.02. The summed E-state index contributed by atoms with van der Waals surface area (Å²) in [5.41, 5.74) is 7.40. The molecule has 0 saturated carbocycles. The summed E-state index contributed by atoms with van der Waals surface area (Å²) < 4.78 is 13.4. The van der Waals surface area contributed by atoms with Crippen molar-refractivity contribution in [1.82, 2.24) is 0 Å². The van der Waals surface area contributed by atoms with Crippen molar-refractivity contribution < 1.29 is 4.39 Å². The molecular weight excluding hydrogens is 165 g/mol. The molecule has 0 aromatic heterocycles. The molecule has 0 aliphatic heterocycles. The van der Waals surface area contributed by atoms with Crippen molar-refractivity contribution in [1.29, 1.82) is 0 Å². The highest BCUT2D eigenvalue weighted by atomic mass is 19.1. The van der Waals surface area contributed by atoms with Crippen LogP contribution in [0.15, 0.2) is 24.3 Å². The van der Waals surface area contributed by atoms with Crippen molar-refractivity contribution in [2.45, 2.75) is 32.5 Å². The van der Waals surface area contributed by atoms with Crippen LogP contribution in [0.4, 0.5) is 4.39 Å². The Bertz CT molecular complexity index is 253. The lowest BCUT2D eigenvalue weighted by Crippen LogP contribution is -2.16. The molecule has 2 atom stereocenters. The van der Waals surface area contributed by atoms with Crippen molar-refractivity contribution in [2.75, 3.05) is 0 Å². The first-order chi connectivity index (χ1) is 6.09. The Labute approximate surface area is 78.8 Å². The lowest BCUT2D eigenvalue weighted by Gasteiger charge is -2.10. The molecular formula is C11H16FN. The van der Waals surface area contributed by atoms with Gasteiger partial charge in [-0.2, -0.15) is 0 Å². The molecule has 0 saturated heterocycles. The van der Waals surface area contributed by atoms with Crippen LogP contribution in [0.2, 0.25) is 0 Å². The number of halogens is 1. The van der Waals surface area contributed by atoms with E-state index in [-0.39, 0.29) is 6.04 Å². The Hall–Kier alpha value is -0.890. The van der Waals surface area contributed by atoms with E-state index in [1.165, 1.54) is 0 Å². The average Bonchev–Trinajstić information content (AvgIpc) is 2.04. The molecule has 0 radical (unpaired) electrons. The van der Waals surface area contributed by atoms with Crippen molar-refractivity contribution >= 4 is 0 Å². The van der Waals surface area contributed by atoms with Gasteiger partial charge in [0.05, 0.1) is 0 Å². The minimum Gasteiger partial charge on any atom is -0.328 e. The Morgan fingerprint density at radius 1 is 1.31 bits per heavy atom. The van der Waals surface area contributed by atoms with Crippen LogP contribution in [0.3, 0.4) is 0 Å². The van der Waals surface area contributed by atoms with Gasteiger partial charge in [-0.15, -0.1) is 0 Å². The zero-order valence-corrected chi connectivity index (χ0v) is 8.13. The van der Waals surface area contributed by atoms with Gasteiger partial charge < -0.3 is 5.73 Å². The van der Waals surface area contributed by atoms with Gasteiger partial charge >= 0.3 is 0 Å². The lowest BCUT2D eigenvalue weighted by atomic mass is 10.0. The monoisotopic (exact) mass is 181 g/mol. The fourth-order valence-electron chi connectivity index (χ4n) is 1.24. The zero-order valence-electron chi connectivity index (χ0n) is 8.13. The number of hydrogen-bond donors (Lipinski definition) is 1. The van der Waals surface area contributed by atoms with E-state index >= 15 is 0 Å². The smallest absolute Gasteiger partial charge is 0.127 e. The Morgan fingerprint density at radius 2 is 1.85 bits per heavy atom. The first-order valence-corrected chi connectivity index (χ1v) is 4.56. The van der Waals surface area contributed by atoms with Crippen LogP contribution in [-0.4, -0.2) is 6.04 Å². The van der Waals surface area contributed by atoms with Gasteiger partial charge in [0.25, 0.3) is 0 Å². The molecule has 2 unspecified atom stereocenters. The second-order valence-electron chi connectivity index (χ2n) is 3.59. The summed E-state index contributed by atoms with van der Waals surface area (Å²) in [4.78, 5) is 0. The van der Waals surface area contributed by atoms with Crippen molar-refractivity contribution in [3.8, 4) is 0 Å². The summed E-state index contributed by atoms with van der Waals surface area (Å²) in [5.74, 6) is 0. The third-order valence-electron chi connectivity index (χ3n) is 2.02. The molecule has 1 rings (SSSR count). The van der Waals surface area contributed by atoms with Gasteiger partial charge in [0.1, 0.15) is 6.17 Å². The fraction of sp³-hybridized carbons (Fsp3) is 0.455. The van der Waals surface area contributed by atoms with E-state index in [4.69, 9.17) is 5.73 Å². The second kappa shape index (κ2) is 4.38. The molecule has 2 N–H and O–H groups in total. The van der Waals surface area contributed by atoms with E-state index in [0.29, 0.717) is 6.42 Å². The number of rotatable bonds is 3. The van der Waals surface area contributed by atoms with Crippen LogP contribution in [0.5, 0.6) is 0 Å². The van der Waals surface area contributed by atoms with Crippen LogP contribution in [0.1, 0.15) is 30.6 Å². The topological polar surface area (TPSA) is 26.0 Å². The number of benzene rings is 1. The normalized spacial score (nSPS) is 15.4. The average molecular weight is 181 g/mol. The molecule has 0 bridgehead atoms. The van der Waals surface area contributed by atoms with Crippen molar-refractivity contribution in [3.63, 3.8) is 0 Å². The summed E-state index contributed by atoms with van der Waals surface area (Å²) in [6.45, 7) is 3.81. The van der Waals surface area contributed by atoms with Gasteiger partial charge in [-0.05, 0) is 25.8 Å². The molecule has 0 heterocycles. The largest absolute Gasteiger partial charge is 0.328 e. The SMILES string of the molecule is Cc1ccc(C(F)CC(C)N)cc1. The van der Waals surface area contributed by atoms with Gasteiger partial charge in [-0.3, -0.25) is 0 Å². The first-order valence-electron chi connectivity index (χ1n) is 4.56. The van der Waals surface area contributed by atoms with E-state index in [1.54, 1.807) is 0 Å². The van der Waals surface area contributed by atoms with Crippen LogP contribution in [-0.2, 0) is 0 Å². The van der Waals surface area contributed by atoms with E-state index in [0.717, 1.165) is 11.1 Å². The van der Waals surface area contributed by atoms with Gasteiger partial charge in [0.15, 0.2) is 0 Å². The molecule has 0 aliphatic carbocycles. The second-order valence-corrected chi connectivity index (χ2v) is 3.59. The Kier molecular flexibility index (Phi) is 3.43. The van der Waals surface area contributed by atoms with Gasteiger partial charge in [0.2, 0.25) is 0 Å². The molecule has 0 amide bonds. The third kappa shape index (κ3) is 3.15. The quantitative estimate of drug-likeness (QED) is 0.762. The van der Waals surface area contributed by atoms with E-state index in [9.17, 15) is 4.39 Å². The molecule has 1 aromatic carbocycles. The Morgan fingerprint density at radius 3 is 2.31 bits per heavy atom. The molecule has 13 heavy (non-hydrogen) atoms. The maximum Gasteiger partial charge on any atom is 0.127 e. The van der Waals surface area contributed by atoms with Crippen LogP contribution in [0, 0.1) is 6.92 Å². The maximum atomic E-state index is 13.4. The first kappa shape index (κ1) is 10.2. The number of alkyl halides is 1. The Balaban J connectivity index is 2.66. The molecule has 2 heteroatoms. The van der Waals surface area contributed by atoms with Gasteiger partial charge in [-0.25, -0.2) is 4.39 Å². The van der Waals surface area contributed by atoms with Crippen molar-refractivity contribution in [3.05, 3.63) is 35.4 Å². The summed E-state index contributed by atoms with van der Waals surface area (Å²) in [7, 11) is 0. The summed E-state index contributed by atoms with van der Waals surface area (Å²) >= 11 is 0. The summed E-state index contributed by atoms with van der Waals surface area (Å²) in [6.07, 6.45) is -0.538. The summed E-state index contributed by atoms with van der Waals surface area (Å²) in [5, 5.41) is 0. The highest BCUT2D eigenvalue weighted by molar-refractivity contribution is 5.23. The van der Waals surface area contributed by atoms with E-state index in [1.807, 2.05) is 38.1 Å². The highest BCUT2D eigenvalue weighted by Gasteiger charge is 2.10. The van der Waals surface area contributed by atoms with Crippen LogP contribution >= 0.6 is 0 Å². The van der Waals surface area contributed by atoms with Gasteiger partial charge in [-0.1, -0.05) is 29.8 Å². The molecule has 72 valence electrons. The zero-order chi connectivity index (χ0) is 9.84. The molecule has 0 fully saturated rings. The minimum absolute atomic E-state index is 0.0868. The van der Waals surface area contributed by atoms with Crippen LogP contribution in [0.25, 0.3) is 0 Å². The van der Waals surface area contributed by atoms with E-state index < -0.39 is 6.17 Å². The standard InChI is InChI=1S/C11H16FN/c1-8-3-5-10(6-4-8)11(12)7-9(2)13/h3-6,9,11H,7,13H2,1-2H3. The maximum absolute atomic E-state index is 13.4. The molecule has 1 nitrogen and oxygen atoms in total. The number of nitrogens with two attached hydrogens (primary N) is 1. The molecule has 0 spiro atoms. The molecule has 1 aromatic rings. The number of aryl methyl sites for hydroxylation is 1.